The van der Waals surface area contributed by atoms with Crippen molar-refractivity contribution in [3.8, 4) is 11.6 Å². The smallest absolute Gasteiger partial charge is 0.331 e. The van der Waals surface area contributed by atoms with E-state index in [1.807, 2.05) is 0 Å². The third kappa shape index (κ3) is 2.78. The molecule has 0 spiro atoms. The van der Waals surface area contributed by atoms with Gasteiger partial charge in [-0.1, -0.05) is 12.1 Å². The van der Waals surface area contributed by atoms with Crippen LogP contribution in [-0.2, 0) is 0 Å². The standard InChI is InChI=1S/C19H11N3O5/c23-18-14-4-1-2-5-15(14)19(24)21(18)12-7-9-13(10-8-12)27-17-16(22(25)26)6-3-11-20-17/h1-11H. The van der Waals surface area contributed by atoms with Gasteiger partial charge in [0.05, 0.1) is 21.7 Å². The SMILES string of the molecule is O=C1c2ccccc2C(=O)N1c1ccc(Oc2ncccc2[N+](=O)[O-])cc1. The van der Waals surface area contributed by atoms with E-state index in [0.29, 0.717) is 16.8 Å². The average Bonchev–Trinajstić information content (AvgIpc) is 2.94. The number of amides is 2. The molecule has 0 aliphatic carbocycles. The number of anilines is 1. The largest absolute Gasteiger partial charge is 0.434 e. The summed E-state index contributed by atoms with van der Waals surface area (Å²) in [6.07, 6.45) is 1.38. The molecule has 3 aromatic rings. The number of rotatable bonds is 4. The zero-order valence-corrected chi connectivity index (χ0v) is 13.7. The van der Waals surface area contributed by atoms with Crippen molar-refractivity contribution in [1.82, 2.24) is 4.98 Å². The van der Waals surface area contributed by atoms with E-state index < -0.39 is 16.7 Å². The molecule has 0 radical (unpaired) electrons. The predicted octanol–water partition coefficient (Wildman–Crippen LogP) is 3.58. The molecule has 2 amide bonds. The summed E-state index contributed by atoms with van der Waals surface area (Å²) >= 11 is 0. The molecule has 2 heterocycles. The van der Waals surface area contributed by atoms with Crippen LogP contribution in [0.4, 0.5) is 11.4 Å². The Balaban J connectivity index is 1.60. The van der Waals surface area contributed by atoms with Crippen LogP contribution < -0.4 is 9.64 Å². The van der Waals surface area contributed by atoms with Crippen LogP contribution in [0.5, 0.6) is 11.6 Å². The molecule has 0 saturated carbocycles. The van der Waals surface area contributed by atoms with E-state index in [1.54, 1.807) is 24.3 Å². The summed E-state index contributed by atoms with van der Waals surface area (Å²) in [7, 11) is 0. The highest BCUT2D eigenvalue weighted by Crippen LogP contribution is 2.32. The van der Waals surface area contributed by atoms with Crippen LogP contribution in [-0.4, -0.2) is 21.7 Å². The molecule has 2 aromatic carbocycles. The van der Waals surface area contributed by atoms with Crippen LogP contribution in [0.1, 0.15) is 20.7 Å². The molecular weight excluding hydrogens is 350 g/mol. The molecule has 1 aliphatic heterocycles. The number of imide groups is 1. The molecule has 1 aromatic heterocycles. The van der Waals surface area contributed by atoms with Gasteiger partial charge in [0.2, 0.25) is 0 Å². The zero-order chi connectivity index (χ0) is 19.0. The summed E-state index contributed by atoms with van der Waals surface area (Å²) in [5.74, 6) is -0.651. The Hall–Kier alpha value is -4.07. The van der Waals surface area contributed by atoms with Gasteiger partial charge in [-0.3, -0.25) is 19.7 Å². The Bertz CT molecular complexity index is 1040. The summed E-state index contributed by atoms with van der Waals surface area (Å²) in [4.78, 5) is 40.4. The number of nitrogens with zero attached hydrogens (tertiary/aromatic N) is 3. The van der Waals surface area contributed by atoms with Gasteiger partial charge in [-0.2, -0.15) is 0 Å². The van der Waals surface area contributed by atoms with Gasteiger partial charge in [0.15, 0.2) is 0 Å². The lowest BCUT2D eigenvalue weighted by atomic mass is 10.1. The Kier molecular flexibility index (Phi) is 3.85. The van der Waals surface area contributed by atoms with E-state index in [1.165, 1.54) is 42.6 Å². The quantitative estimate of drug-likeness (QED) is 0.400. The number of carbonyl (C=O) groups excluding carboxylic acids is 2. The molecule has 132 valence electrons. The fourth-order valence-corrected chi connectivity index (χ4v) is 2.80. The molecule has 1 aliphatic rings. The minimum Gasteiger partial charge on any atom is -0.434 e. The van der Waals surface area contributed by atoms with Crippen molar-refractivity contribution in [2.75, 3.05) is 4.90 Å². The van der Waals surface area contributed by atoms with Gasteiger partial charge in [-0.05, 0) is 42.5 Å². The van der Waals surface area contributed by atoms with Crippen molar-refractivity contribution in [1.29, 1.82) is 0 Å². The monoisotopic (exact) mass is 361 g/mol. The number of nitro groups is 1. The van der Waals surface area contributed by atoms with Crippen LogP contribution in [0, 0.1) is 10.1 Å². The van der Waals surface area contributed by atoms with Gasteiger partial charge in [-0.25, -0.2) is 9.88 Å². The number of hydrogen-bond acceptors (Lipinski definition) is 6. The summed E-state index contributed by atoms with van der Waals surface area (Å²) in [5, 5.41) is 11.0. The summed E-state index contributed by atoms with van der Waals surface area (Å²) in [6, 6.07) is 15.4. The maximum absolute atomic E-state index is 12.5. The maximum atomic E-state index is 12.5. The summed E-state index contributed by atoms with van der Waals surface area (Å²) in [6.45, 7) is 0. The van der Waals surface area contributed by atoms with Crippen LogP contribution >= 0.6 is 0 Å². The minimum atomic E-state index is -0.588. The maximum Gasteiger partial charge on any atom is 0.331 e. The average molecular weight is 361 g/mol. The second kappa shape index (κ2) is 6.34. The van der Waals surface area contributed by atoms with Gasteiger partial charge < -0.3 is 4.74 Å². The number of pyridine rings is 1. The highest BCUT2D eigenvalue weighted by Gasteiger charge is 2.36. The van der Waals surface area contributed by atoms with Gasteiger partial charge in [0, 0.05) is 12.3 Å². The number of hydrogen-bond donors (Lipinski definition) is 0. The highest BCUT2D eigenvalue weighted by molar-refractivity contribution is 6.34. The second-order valence-corrected chi connectivity index (χ2v) is 5.67. The molecule has 4 rings (SSSR count). The first-order valence-electron chi connectivity index (χ1n) is 7.91. The molecule has 0 N–H and O–H groups in total. The fraction of sp³-hybridized carbons (Fsp3) is 0. The molecule has 0 atom stereocenters. The fourth-order valence-electron chi connectivity index (χ4n) is 2.80. The predicted molar refractivity (Wildman–Crippen MR) is 95.0 cm³/mol. The first-order chi connectivity index (χ1) is 13.1. The van der Waals surface area contributed by atoms with E-state index in [4.69, 9.17) is 4.74 Å². The molecule has 8 nitrogen and oxygen atoms in total. The molecule has 0 saturated heterocycles. The van der Waals surface area contributed by atoms with Gasteiger partial charge in [0.25, 0.3) is 17.7 Å². The summed E-state index contributed by atoms with van der Waals surface area (Å²) < 4.78 is 5.46. The van der Waals surface area contributed by atoms with Crippen molar-refractivity contribution >= 4 is 23.2 Å². The Morgan fingerprint density at radius 2 is 1.52 bits per heavy atom. The highest BCUT2D eigenvalue weighted by atomic mass is 16.6. The normalized spacial score (nSPS) is 12.8. The number of ether oxygens (including phenoxy) is 1. The third-order valence-corrected chi connectivity index (χ3v) is 4.05. The first kappa shape index (κ1) is 16.4. The lowest BCUT2D eigenvalue weighted by Crippen LogP contribution is -2.29. The topological polar surface area (TPSA) is 103 Å². The van der Waals surface area contributed by atoms with Crippen molar-refractivity contribution in [2.45, 2.75) is 0 Å². The molecule has 27 heavy (non-hydrogen) atoms. The Morgan fingerprint density at radius 3 is 2.11 bits per heavy atom. The second-order valence-electron chi connectivity index (χ2n) is 5.67. The third-order valence-electron chi connectivity index (χ3n) is 4.05. The van der Waals surface area contributed by atoms with E-state index in [2.05, 4.69) is 4.98 Å². The Labute approximate surface area is 152 Å². The molecular formula is C19H11N3O5. The van der Waals surface area contributed by atoms with Crippen LogP contribution in [0.3, 0.4) is 0 Å². The van der Waals surface area contributed by atoms with Gasteiger partial charge in [-0.15, -0.1) is 0 Å². The lowest BCUT2D eigenvalue weighted by molar-refractivity contribution is -0.386. The van der Waals surface area contributed by atoms with E-state index in [9.17, 15) is 19.7 Å². The van der Waals surface area contributed by atoms with Crippen molar-refractivity contribution in [2.24, 2.45) is 0 Å². The van der Waals surface area contributed by atoms with Crippen molar-refractivity contribution in [3.63, 3.8) is 0 Å². The molecule has 0 unspecified atom stereocenters. The zero-order valence-electron chi connectivity index (χ0n) is 13.7. The number of carbonyl (C=O) groups is 2. The van der Waals surface area contributed by atoms with Gasteiger partial charge in [0.1, 0.15) is 5.75 Å². The first-order valence-corrected chi connectivity index (χ1v) is 7.91. The molecule has 8 heteroatoms. The van der Waals surface area contributed by atoms with Crippen LogP contribution in [0.2, 0.25) is 0 Å². The number of benzene rings is 2. The van der Waals surface area contributed by atoms with E-state index in [0.717, 1.165) is 4.90 Å². The summed E-state index contributed by atoms with van der Waals surface area (Å²) in [5.41, 5.74) is 0.824. The van der Waals surface area contributed by atoms with Gasteiger partial charge >= 0.3 is 5.69 Å². The lowest BCUT2D eigenvalue weighted by Gasteiger charge is -2.14. The molecule has 0 fully saturated rings. The van der Waals surface area contributed by atoms with Crippen molar-refractivity contribution in [3.05, 3.63) is 88.1 Å². The van der Waals surface area contributed by atoms with Crippen LogP contribution in [0.15, 0.2) is 66.9 Å². The van der Waals surface area contributed by atoms with E-state index in [-0.39, 0.29) is 17.3 Å². The van der Waals surface area contributed by atoms with Crippen molar-refractivity contribution < 1.29 is 19.2 Å². The number of aromatic nitrogens is 1. The minimum absolute atomic E-state index is 0.143. The van der Waals surface area contributed by atoms with Crippen LogP contribution in [0.25, 0.3) is 0 Å². The molecule has 0 bridgehead atoms. The number of fused-ring (bicyclic) bond motifs is 1. The Morgan fingerprint density at radius 1 is 0.889 bits per heavy atom. The van der Waals surface area contributed by atoms with E-state index >= 15 is 0 Å².